The minimum absolute atomic E-state index is 0.0267. The molecule has 0 saturated heterocycles. The smallest absolute Gasteiger partial charge is 0.437 e. The van der Waals surface area contributed by atoms with Crippen LogP contribution in [0.5, 0.6) is 17.2 Å². The lowest BCUT2D eigenvalue weighted by atomic mass is 9.87. The third-order valence-corrected chi connectivity index (χ3v) is 11.5. The van der Waals surface area contributed by atoms with Crippen molar-refractivity contribution in [3.63, 3.8) is 0 Å². The highest BCUT2D eigenvalue weighted by Crippen LogP contribution is 2.51. The molecule has 6 nitrogen and oxygen atoms in total. The first kappa shape index (κ1) is 33.1. The first-order chi connectivity index (χ1) is 23.4. The lowest BCUT2D eigenvalue weighted by Gasteiger charge is -2.26. The van der Waals surface area contributed by atoms with Crippen LogP contribution in [0.4, 0.5) is 0 Å². The van der Waals surface area contributed by atoms with Crippen LogP contribution >= 0.6 is 15.2 Å². The molecule has 48 heavy (non-hydrogen) atoms. The molecule has 0 fully saturated rings. The second kappa shape index (κ2) is 15.4. The van der Waals surface area contributed by atoms with E-state index in [1.165, 1.54) is 0 Å². The van der Waals surface area contributed by atoms with E-state index in [1.54, 1.807) is 48.5 Å². The second-order valence-electron chi connectivity index (χ2n) is 11.2. The fourth-order valence-electron chi connectivity index (χ4n) is 5.43. The number of para-hydroxylation sites is 2. The van der Waals surface area contributed by atoms with Crippen LogP contribution in [-0.4, -0.2) is 6.61 Å². The summed E-state index contributed by atoms with van der Waals surface area (Å²) < 4.78 is 53.5. The van der Waals surface area contributed by atoms with Crippen molar-refractivity contribution < 1.29 is 27.2 Å². The Labute approximate surface area is 282 Å². The standard InChI is InChI=1S/C40H36O6P2/c1-32-27-28-40(46-47(41,36-23-13-5-14-24-36)37-25-15-6-16-26-37)39(31-32)38(33-17-7-2-8-18-33)29-30-43-48(42,44-34-19-9-3-10-20-34)45-35-21-11-4-12-22-35/h2-28,31,38H,29-30H2,1H3. The Morgan fingerprint density at radius 3 is 1.50 bits per heavy atom. The van der Waals surface area contributed by atoms with E-state index < -0.39 is 15.2 Å². The van der Waals surface area contributed by atoms with Crippen molar-refractivity contribution in [3.05, 3.63) is 187 Å². The molecule has 0 N–H and O–H groups in total. The Hall–Kier alpha value is -4.86. The van der Waals surface area contributed by atoms with Crippen LogP contribution in [0.25, 0.3) is 0 Å². The van der Waals surface area contributed by atoms with Crippen LogP contribution in [0.15, 0.2) is 170 Å². The lowest BCUT2D eigenvalue weighted by molar-refractivity contribution is 0.204. The molecule has 1 atom stereocenters. The zero-order valence-electron chi connectivity index (χ0n) is 26.5. The molecule has 0 radical (unpaired) electrons. The van der Waals surface area contributed by atoms with E-state index >= 15 is 0 Å². The number of phosphoric acid groups is 1. The summed E-state index contributed by atoms with van der Waals surface area (Å²) in [6.45, 7) is 2.04. The Morgan fingerprint density at radius 1 is 0.542 bits per heavy atom. The number of phosphoric ester groups is 1. The van der Waals surface area contributed by atoms with Gasteiger partial charge in [0.25, 0.3) is 0 Å². The monoisotopic (exact) mass is 674 g/mol. The van der Waals surface area contributed by atoms with Gasteiger partial charge in [0.05, 0.1) is 17.2 Å². The predicted molar refractivity (Wildman–Crippen MR) is 192 cm³/mol. The van der Waals surface area contributed by atoms with Crippen LogP contribution in [0, 0.1) is 6.92 Å². The summed E-state index contributed by atoms with van der Waals surface area (Å²) in [5.41, 5.74) is 2.84. The second-order valence-corrected chi connectivity index (χ2v) is 15.0. The molecule has 1 unspecified atom stereocenters. The summed E-state index contributed by atoms with van der Waals surface area (Å²) >= 11 is 0. The third-order valence-electron chi connectivity index (χ3n) is 7.74. The summed E-state index contributed by atoms with van der Waals surface area (Å²) in [6.07, 6.45) is 0.394. The number of benzene rings is 6. The van der Waals surface area contributed by atoms with Gasteiger partial charge in [-0.25, -0.2) is 4.57 Å². The Kier molecular flexibility index (Phi) is 10.6. The highest BCUT2D eigenvalue weighted by molar-refractivity contribution is 7.74. The molecule has 0 heterocycles. The molecule has 6 rings (SSSR count). The largest absolute Gasteiger partial charge is 0.587 e. The van der Waals surface area contributed by atoms with Gasteiger partial charge in [-0.15, -0.1) is 0 Å². The normalized spacial score (nSPS) is 12.2. The summed E-state index contributed by atoms with van der Waals surface area (Å²) in [5.74, 6) is 0.949. The summed E-state index contributed by atoms with van der Waals surface area (Å²) in [5, 5.41) is 1.19. The molecule has 0 bridgehead atoms. The Bertz CT molecular complexity index is 1900. The molecule has 0 aliphatic rings. The van der Waals surface area contributed by atoms with E-state index in [4.69, 9.17) is 18.1 Å². The molecule has 6 aromatic rings. The minimum Gasteiger partial charge on any atom is -0.437 e. The fourth-order valence-corrected chi connectivity index (χ4v) is 8.74. The number of hydrogen-bond acceptors (Lipinski definition) is 6. The van der Waals surface area contributed by atoms with Crippen LogP contribution in [0.3, 0.4) is 0 Å². The molecular formula is C40H36O6P2. The molecular weight excluding hydrogens is 638 g/mol. The number of rotatable bonds is 14. The van der Waals surface area contributed by atoms with Gasteiger partial charge in [-0.2, -0.15) is 0 Å². The molecule has 6 aromatic carbocycles. The van der Waals surface area contributed by atoms with Crippen LogP contribution in [0.1, 0.15) is 29.0 Å². The maximum atomic E-state index is 15.0. The molecule has 0 aliphatic heterocycles. The van der Waals surface area contributed by atoms with E-state index in [-0.39, 0.29) is 12.5 Å². The number of hydrogen-bond donors (Lipinski definition) is 0. The van der Waals surface area contributed by atoms with E-state index in [0.29, 0.717) is 34.3 Å². The quantitative estimate of drug-likeness (QED) is 0.107. The molecule has 0 saturated carbocycles. The predicted octanol–water partition coefficient (Wildman–Crippen LogP) is 10.1. The zero-order chi connectivity index (χ0) is 33.2. The molecule has 0 aliphatic carbocycles. The summed E-state index contributed by atoms with van der Waals surface area (Å²) in [4.78, 5) is 0. The van der Waals surface area contributed by atoms with Crippen molar-refractivity contribution in [3.8, 4) is 17.2 Å². The van der Waals surface area contributed by atoms with Gasteiger partial charge in [-0.05, 0) is 73.5 Å². The maximum Gasteiger partial charge on any atom is 0.587 e. The van der Waals surface area contributed by atoms with Crippen molar-refractivity contribution in [2.45, 2.75) is 19.3 Å². The maximum absolute atomic E-state index is 15.0. The van der Waals surface area contributed by atoms with Crippen molar-refractivity contribution in [1.82, 2.24) is 0 Å². The average molecular weight is 675 g/mol. The van der Waals surface area contributed by atoms with Crippen molar-refractivity contribution in [2.75, 3.05) is 6.61 Å². The Balaban J connectivity index is 1.34. The van der Waals surface area contributed by atoms with Gasteiger partial charge < -0.3 is 13.6 Å². The molecule has 0 spiro atoms. The topological polar surface area (TPSA) is 71.1 Å². The average Bonchev–Trinajstić information content (AvgIpc) is 3.13. The van der Waals surface area contributed by atoms with E-state index in [1.807, 2.05) is 128 Å². The number of aryl methyl sites for hydroxylation is 1. The van der Waals surface area contributed by atoms with E-state index in [2.05, 4.69) is 0 Å². The SMILES string of the molecule is Cc1ccc(OP(=O)(c2ccccc2)c2ccccc2)c(C(CCOP(=O)(Oc2ccccc2)Oc2ccccc2)c2ccccc2)c1. The molecule has 242 valence electrons. The van der Waals surface area contributed by atoms with Gasteiger partial charge in [0.1, 0.15) is 17.2 Å². The minimum atomic E-state index is -4.11. The summed E-state index contributed by atoms with van der Waals surface area (Å²) in [6, 6.07) is 52.1. The lowest BCUT2D eigenvalue weighted by Crippen LogP contribution is -2.21. The van der Waals surface area contributed by atoms with Gasteiger partial charge in [0.15, 0.2) is 0 Å². The van der Waals surface area contributed by atoms with Gasteiger partial charge >= 0.3 is 15.2 Å². The first-order valence-corrected chi connectivity index (χ1v) is 18.8. The molecule has 8 heteroatoms. The summed E-state index contributed by atoms with van der Waals surface area (Å²) in [7, 11) is -7.68. The van der Waals surface area contributed by atoms with Crippen LogP contribution in [-0.2, 0) is 13.7 Å². The fraction of sp³-hybridized carbons (Fsp3) is 0.100. The van der Waals surface area contributed by atoms with Crippen LogP contribution in [0.2, 0.25) is 0 Å². The van der Waals surface area contributed by atoms with Crippen molar-refractivity contribution >= 4 is 25.8 Å². The van der Waals surface area contributed by atoms with Crippen molar-refractivity contribution in [2.24, 2.45) is 0 Å². The van der Waals surface area contributed by atoms with Gasteiger partial charge in [-0.1, -0.05) is 121 Å². The van der Waals surface area contributed by atoms with Gasteiger partial charge in [0, 0.05) is 11.5 Å². The first-order valence-electron chi connectivity index (χ1n) is 15.7. The van der Waals surface area contributed by atoms with Crippen molar-refractivity contribution in [1.29, 1.82) is 0 Å². The molecule has 0 aromatic heterocycles. The van der Waals surface area contributed by atoms with E-state index in [0.717, 1.165) is 16.7 Å². The van der Waals surface area contributed by atoms with E-state index in [9.17, 15) is 9.13 Å². The van der Waals surface area contributed by atoms with Gasteiger partial charge in [0.2, 0.25) is 0 Å². The molecule has 0 amide bonds. The highest BCUT2D eigenvalue weighted by atomic mass is 31.2. The van der Waals surface area contributed by atoms with Crippen LogP contribution < -0.4 is 24.2 Å². The third kappa shape index (κ3) is 8.16. The van der Waals surface area contributed by atoms with Gasteiger partial charge in [-0.3, -0.25) is 9.09 Å². The zero-order valence-corrected chi connectivity index (χ0v) is 28.3. The Morgan fingerprint density at radius 2 is 1.00 bits per heavy atom. The highest BCUT2D eigenvalue weighted by Gasteiger charge is 2.34.